The van der Waals surface area contributed by atoms with Gasteiger partial charge in [0.05, 0.1) is 6.04 Å². The average Bonchev–Trinajstić information content (AvgIpc) is 2.86. The number of carbonyl (C=O) groups is 1. The van der Waals surface area contributed by atoms with E-state index in [1.807, 2.05) is 32.0 Å². The van der Waals surface area contributed by atoms with E-state index in [0.29, 0.717) is 11.0 Å². The minimum absolute atomic E-state index is 0.0279. The Kier molecular flexibility index (Phi) is 4.69. The van der Waals surface area contributed by atoms with Crippen LogP contribution in [-0.4, -0.2) is 33.1 Å². The molecule has 2 aromatic rings. The van der Waals surface area contributed by atoms with Crippen molar-refractivity contribution in [2.45, 2.75) is 38.4 Å². The van der Waals surface area contributed by atoms with E-state index in [9.17, 15) is 4.79 Å². The summed E-state index contributed by atoms with van der Waals surface area (Å²) in [7, 11) is 0. The molecule has 3 atom stereocenters. The molecule has 0 saturated carbocycles. The first-order valence-electron chi connectivity index (χ1n) is 7.95. The summed E-state index contributed by atoms with van der Waals surface area (Å²) in [4.78, 5) is 21.7. The van der Waals surface area contributed by atoms with Crippen molar-refractivity contribution in [3.05, 3.63) is 53.3 Å². The fourth-order valence-corrected chi connectivity index (χ4v) is 3.22. The molecular formula is C17H20ClN5O. The molecule has 1 aliphatic heterocycles. The van der Waals surface area contributed by atoms with E-state index in [1.165, 1.54) is 0 Å². The largest absolute Gasteiger partial charge is 0.309 e. The highest BCUT2D eigenvalue weighted by atomic mass is 35.5. The van der Waals surface area contributed by atoms with E-state index < -0.39 is 12.1 Å². The molecule has 7 heteroatoms. The lowest BCUT2D eigenvalue weighted by Crippen LogP contribution is -2.50. The molecule has 0 aliphatic carbocycles. The van der Waals surface area contributed by atoms with Gasteiger partial charge in [-0.1, -0.05) is 36.7 Å². The van der Waals surface area contributed by atoms with Crippen LogP contribution in [0.15, 0.2) is 42.7 Å². The first-order valence-corrected chi connectivity index (χ1v) is 8.33. The highest BCUT2D eigenvalue weighted by molar-refractivity contribution is 6.31. The second-order valence-corrected chi connectivity index (χ2v) is 6.23. The van der Waals surface area contributed by atoms with Crippen molar-refractivity contribution < 1.29 is 4.79 Å². The molecule has 0 radical (unpaired) electrons. The van der Waals surface area contributed by atoms with E-state index in [1.54, 1.807) is 34.5 Å². The van der Waals surface area contributed by atoms with Crippen LogP contribution in [0, 0.1) is 0 Å². The number of rotatable bonds is 4. The molecule has 3 rings (SSSR count). The van der Waals surface area contributed by atoms with E-state index in [0.717, 1.165) is 12.0 Å². The van der Waals surface area contributed by atoms with Crippen LogP contribution in [-0.2, 0) is 4.79 Å². The van der Waals surface area contributed by atoms with Gasteiger partial charge in [-0.05, 0) is 31.0 Å². The number of nitrogens with two attached hydrogens (primary N) is 1. The molecule has 0 bridgehead atoms. The molecule has 2 heterocycles. The number of nitrogens with zero attached hydrogens (tertiary/aromatic N) is 4. The van der Waals surface area contributed by atoms with Gasteiger partial charge in [0.2, 0.25) is 5.95 Å². The molecule has 1 saturated heterocycles. The number of benzene rings is 1. The van der Waals surface area contributed by atoms with Gasteiger partial charge in [-0.3, -0.25) is 4.79 Å². The Morgan fingerprint density at radius 2 is 1.92 bits per heavy atom. The highest BCUT2D eigenvalue weighted by Crippen LogP contribution is 2.37. The number of hydrazine groups is 1. The Morgan fingerprint density at radius 3 is 2.54 bits per heavy atom. The standard InChI is InChI=1S/C17H20ClN5O/c1-3-11(2)22-16(24)14(12-7-4-5-8-13(12)18)15(19)23(22)17-20-9-6-10-21-17/h4-11,14-15H,3,19H2,1-2H3. The summed E-state index contributed by atoms with van der Waals surface area (Å²) in [6, 6.07) is 9.00. The monoisotopic (exact) mass is 345 g/mol. The third-order valence-corrected chi connectivity index (χ3v) is 4.70. The Bertz CT molecular complexity index is 726. The number of aromatic nitrogens is 2. The molecule has 1 aliphatic rings. The lowest BCUT2D eigenvalue weighted by atomic mass is 9.96. The fraction of sp³-hybridized carbons (Fsp3) is 0.353. The predicted molar refractivity (Wildman–Crippen MR) is 93.3 cm³/mol. The quantitative estimate of drug-likeness (QED) is 0.921. The van der Waals surface area contributed by atoms with Crippen LogP contribution >= 0.6 is 11.6 Å². The van der Waals surface area contributed by atoms with Gasteiger partial charge in [-0.15, -0.1) is 0 Å². The molecule has 24 heavy (non-hydrogen) atoms. The molecule has 1 fully saturated rings. The van der Waals surface area contributed by atoms with E-state index >= 15 is 0 Å². The summed E-state index contributed by atoms with van der Waals surface area (Å²) >= 11 is 6.31. The van der Waals surface area contributed by atoms with Crippen molar-refractivity contribution in [3.8, 4) is 0 Å². The normalized spacial score (nSPS) is 22.1. The van der Waals surface area contributed by atoms with E-state index in [2.05, 4.69) is 9.97 Å². The Balaban J connectivity index is 2.08. The molecule has 1 aromatic heterocycles. The van der Waals surface area contributed by atoms with Gasteiger partial charge in [-0.2, -0.15) is 0 Å². The molecule has 1 aromatic carbocycles. The van der Waals surface area contributed by atoms with Gasteiger partial charge in [0.15, 0.2) is 0 Å². The zero-order valence-electron chi connectivity index (χ0n) is 13.6. The minimum atomic E-state index is -0.617. The van der Waals surface area contributed by atoms with Gasteiger partial charge < -0.3 is 5.73 Å². The number of halogens is 1. The molecule has 0 spiro atoms. The SMILES string of the molecule is CCC(C)N1C(=O)C(c2ccccc2Cl)C(N)N1c1ncccn1. The maximum atomic E-state index is 13.1. The number of hydrogen-bond acceptors (Lipinski definition) is 5. The van der Waals surface area contributed by atoms with Crippen molar-refractivity contribution >= 4 is 23.5 Å². The first kappa shape index (κ1) is 16.7. The number of amides is 1. The fourth-order valence-electron chi connectivity index (χ4n) is 2.97. The summed E-state index contributed by atoms with van der Waals surface area (Å²) in [5.74, 6) is -0.234. The Labute approximate surface area is 146 Å². The first-order chi connectivity index (χ1) is 11.6. The van der Waals surface area contributed by atoms with Gasteiger partial charge in [0.25, 0.3) is 5.91 Å². The summed E-state index contributed by atoms with van der Waals surface area (Å²) in [6.45, 7) is 4.01. The van der Waals surface area contributed by atoms with E-state index in [4.69, 9.17) is 17.3 Å². The molecule has 6 nitrogen and oxygen atoms in total. The Hall–Kier alpha value is -2.18. The van der Waals surface area contributed by atoms with E-state index in [-0.39, 0.29) is 11.9 Å². The van der Waals surface area contributed by atoms with Crippen LogP contribution in [0.5, 0.6) is 0 Å². The zero-order chi connectivity index (χ0) is 17.3. The van der Waals surface area contributed by atoms with Crippen molar-refractivity contribution in [2.75, 3.05) is 5.01 Å². The molecular weight excluding hydrogens is 326 g/mol. The summed E-state index contributed by atoms with van der Waals surface area (Å²) in [5, 5.41) is 3.88. The number of carbonyl (C=O) groups excluding carboxylic acids is 1. The average molecular weight is 346 g/mol. The minimum Gasteiger partial charge on any atom is -0.309 e. The van der Waals surface area contributed by atoms with Crippen molar-refractivity contribution in [1.82, 2.24) is 15.0 Å². The second kappa shape index (κ2) is 6.75. The molecule has 2 N–H and O–H groups in total. The summed E-state index contributed by atoms with van der Waals surface area (Å²) in [5.41, 5.74) is 7.18. The van der Waals surface area contributed by atoms with Crippen LogP contribution in [0.25, 0.3) is 0 Å². The lowest BCUT2D eigenvalue weighted by molar-refractivity contribution is -0.131. The van der Waals surface area contributed by atoms with Gasteiger partial charge in [0, 0.05) is 17.4 Å². The smallest absolute Gasteiger partial charge is 0.252 e. The number of hydrogen-bond donors (Lipinski definition) is 1. The maximum Gasteiger partial charge on any atom is 0.252 e. The van der Waals surface area contributed by atoms with Crippen LogP contribution in [0.4, 0.5) is 5.95 Å². The predicted octanol–water partition coefficient (Wildman–Crippen LogP) is 2.56. The molecule has 126 valence electrons. The van der Waals surface area contributed by atoms with Crippen molar-refractivity contribution in [2.24, 2.45) is 5.73 Å². The summed E-state index contributed by atoms with van der Waals surface area (Å²) < 4.78 is 0. The van der Waals surface area contributed by atoms with Crippen LogP contribution in [0.1, 0.15) is 31.7 Å². The van der Waals surface area contributed by atoms with Crippen LogP contribution in [0.3, 0.4) is 0 Å². The number of anilines is 1. The van der Waals surface area contributed by atoms with Crippen LogP contribution in [0.2, 0.25) is 5.02 Å². The zero-order valence-corrected chi connectivity index (χ0v) is 14.4. The molecule has 1 amide bonds. The van der Waals surface area contributed by atoms with Crippen molar-refractivity contribution in [3.63, 3.8) is 0 Å². The van der Waals surface area contributed by atoms with Crippen LogP contribution < -0.4 is 10.7 Å². The van der Waals surface area contributed by atoms with Gasteiger partial charge >= 0.3 is 0 Å². The lowest BCUT2D eigenvalue weighted by Gasteiger charge is -2.34. The van der Waals surface area contributed by atoms with Gasteiger partial charge in [-0.25, -0.2) is 20.0 Å². The maximum absolute atomic E-state index is 13.1. The topological polar surface area (TPSA) is 75.3 Å². The third kappa shape index (κ3) is 2.72. The van der Waals surface area contributed by atoms with Crippen molar-refractivity contribution in [1.29, 1.82) is 0 Å². The van der Waals surface area contributed by atoms with Gasteiger partial charge in [0.1, 0.15) is 12.1 Å². The summed E-state index contributed by atoms with van der Waals surface area (Å²) in [6.07, 6.45) is 3.44. The highest BCUT2D eigenvalue weighted by Gasteiger charge is 2.48. The Morgan fingerprint density at radius 1 is 1.25 bits per heavy atom. The second-order valence-electron chi connectivity index (χ2n) is 5.82. The molecule has 3 unspecified atom stereocenters. The third-order valence-electron chi connectivity index (χ3n) is 4.35.